The summed E-state index contributed by atoms with van der Waals surface area (Å²) in [6.07, 6.45) is 1.15. The SMILES string of the molecule is CCC(C)(C)NCC(C)N(C)Cc1cccc(C)c1. The molecule has 0 fully saturated rings. The molecule has 0 spiro atoms. The van der Waals surface area contributed by atoms with Crippen LogP contribution in [0.2, 0.25) is 0 Å². The molecule has 0 bridgehead atoms. The minimum Gasteiger partial charge on any atom is -0.310 e. The van der Waals surface area contributed by atoms with Crippen molar-refractivity contribution in [2.24, 2.45) is 0 Å². The summed E-state index contributed by atoms with van der Waals surface area (Å²) < 4.78 is 0. The topological polar surface area (TPSA) is 15.3 Å². The quantitative estimate of drug-likeness (QED) is 0.808. The number of hydrogen-bond acceptors (Lipinski definition) is 2. The molecule has 0 amide bonds. The van der Waals surface area contributed by atoms with Gasteiger partial charge in [-0.25, -0.2) is 0 Å². The van der Waals surface area contributed by atoms with Crippen LogP contribution in [0.5, 0.6) is 0 Å². The highest BCUT2D eigenvalue weighted by Gasteiger charge is 2.17. The Kier molecular flexibility index (Phi) is 6.02. The van der Waals surface area contributed by atoms with Gasteiger partial charge in [0, 0.05) is 24.7 Å². The Bertz CT molecular complexity index is 385. The largest absolute Gasteiger partial charge is 0.310 e. The van der Waals surface area contributed by atoms with Crippen molar-refractivity contribution in [3.8, 4) is 0 Å². The average Bonchev–Trinajstić information content (AvgIpc) is 2.36. The van der Waals surface area contributed by atoms with Gasteiger partial charge in [-0.3, -0.25) is 4.90 Å². The second-order valence-electron chi connectivity index (χ2n) is 6.37. The van der Waals surface area contributed by atoms with E-state index in [1.165, 1.54) is 11.1 Å². The molecule has 2 heteroatoms. The van der Waals surface area contributed by atoms with Crippen LogP contribution in [0.25, 0.3) is 0 Å². The van der Waals surface area contributed by atoms with Crippen molar-refractivity contribution >= 4 is 0 Å². The molecule has 1 rings (SSSR count). The molecule has 0 aliphatic carbocycles. The lowest BCUT2D eigenvalue weighted by molar-refractivity contribution is 0.223. The van der Waals surface area contributed by atoms with Crippen molar-refractivity contribution in [3.63, 3.8) is 0 Å². The standard InChI is InChI=1S/C17H30N2/c1-7-17(4,5)18-12-15(3)19(6)13-16-10-8-9-14(2)11-16/h8-11,15,18H,7,12-13H2,1-6H3. The third-order valence-corrected chi connectivity index (χ3v) is 4.03. The van der Waals surface area contributed by atoms with Crippen LogP contribution in [0.3, 0.4) is 0 Å². The van der Waals surface area contributed by atoms with Crippen LogP contribution in [-0.2, 0) is 6.54 Å². The zero-order valence-electron chi connectivity index (χ0n) is 13.5. The molecule has 19 heavy (non-hydrogen) atoms. The van der Waals surface area contributed by atoms with Gasteiger partial charge in [-0.1, -0.05) is 36.8 Å². The molecule has 1 aromatic carbocycles. The third kappa shape index (κ3) is 5.75. The van der Waals surface area contributed by atoms with E-state index in [4.69, 9.17) is 0 Å². The Morgan fingerprint density at radius 2 is 2.00 bits per heavy atom. The highest BCUT2D eigenvalue weighted by molar-refractivity contribution is 5.22. The van der Waals surface area contributed by atoms with Crippen LogP contribution < -0.4 is 5.32 Å². The maximum atomic E-state index is 3.64. The molecule has 0 heterocycles. The predicted octanol–water partition coefficient (Wildman–Crippen LogP) is 3.59. The van der Waals surface area contributed by atoms with E-state index in [9.17, 15) is 0 Å². The van der Waals surface area contributed by atoms with Gasteiger partial charge in [-0.2, -0.15) is 0 Å². The first-order chi connectivity index (χ1) is 8.84. The van der Waals surface area contributed by atoms with E-state index in [2.05, 4.69) is 76.1 Å². The van der Waals surface area contributed by atoms with Crippen molar-refractivity contribution < 1.29 is 0 Å². The lowest BCUT2D eigenvalue weighted by atomic mass is 10.0. The number of hydrogen-bond donors (Lipinski definition) is 1. The number of nitrogens with zero attached hydrogens (tertiary/aromatic N) is 1. The molecule has 1 unspecified atom stereocenters. The number of benzene rings is 1. The fourth-order valence-corrected chi connectivity index (χ4v) is 1.96. The molecule has 0 saturated carbocycles. The lowest BCUT2D eigenvalue weighted by Crippen LogP contribution is -2.46. The molecular formula is C17H30N2. The van der Waals surface area contributed by atoms with Gasteiger partial charge in [0.05, 0.1) is 0 Å². The molecular weight excluding hydrogens is 232 g/mol. The predicted molar refractivity (Wildman–Crippen MR) is 84.5 cm³/mol. The Morgan fingerprint density at radius 1 is 1.32 bits per heavy atom. The number of rotatable bonds is 7. The fraction of sp³-hybridized carbons (Fsp3) is 0.647. The maximum absolute atomic E-state index is 3.64. The van der Waals surface area contributed by atoms with Crippen molar-refractivity contribution in [2.75, 3.05) is 13.6 Å². The summed E-state index contributed by atoms with van der Waals surface area (Å²) >= 11 is 0. The molecule has 1 atom stereocenters. The molecule has 0 aliphatic rings. The Balaban J connectivity index is 2.47. The maximum Gasteiger partial charge on any atom is 0.0234 e. The van der Waals surface area contributed by atoms with Gasteiger partial charge in [-0.05, 0) is 46.7 Å². The summed E-state index contributed by atoms with van der Waals surface area (Å²) in [6, 6.07) is 9.30. The monoisotopic (exact) mass is 262 g/mol. The molecule has 0 radical (unpaired) electrons. The van der Waals surface area contributed by atoms with E-state index in [1.54, 1.807) is 0 Å². The first-order valence-corrected chi connectivity index (χ1v) is 7.35. The second kappa shape index (κ2) is 7.06. The van der Waals surface area contributed by atoms with Gasteiger partial charge in [0.2, 0.25) is 0 Å². The average molecular weight is 262 g/mol. The Labute approximate surface area is 119 Å². The molecule has 0 saturated heterocycles. The van der Waals surface area contributed by atoms with Gasteiger partial charge < -0.3 is 5.32 Å². The van der Waals surface area contributed by atoms with Gasteiger partial charge in [-0.15, -0.1) is 0 Å². The molecule has 1 aromatic rings. The van der Waals surface area contributed by atoms with Crippen LogP contribution in [-0.4, -0.2) is 30.1 Å². The summed E-state index contributed by atoms with van der Waals surface area (Å²) in [5.41, 5.74) is 2.96. The van der Waals surface area contributed by atoms with Crippen molar-refractivity contribution in [1.82, 2.24) is 10.2 Å². The zero-order valence-corrected chi connectivity index (χ0v) is 13.5. The van der Waals surface area contributed by atoms with Gasteiger partial charge in [0.1, 0.15) is 0 Å². The first-order valence-electron chi connectivity index (χ1n) is 7.35. The summed E-state index contributed by atoms with van der Waals surface area (Å²) in [5, 5.41) is 3.64. The van der Waals surface area contributed by atoms with Crippen LogP contribution in [0.15, 0.2) is 24.3 Å². The van der Waals surface area contributed by atoms with Crippen molar-refractivity contribution in [2.45, 2.75) is 59.2 Å². The summed E-state index contributed by atoms with van der Waals surface area (Å²) in [7, 11) is 2.20. The minimum absolute atomic E-state index is 0.235. The zero-order chi connectivity index (χ0) is 14.5. The van der Waals surface area contributed by atoms with E-state index in [1.807, 2.05) is 0 Å². The summed E-state index contributed by atoms with van der Waals surface area (Å²) in [5.74, 6) is 0. The fourth-order valence-electron chi connectivity index (χ4n) is 1.96. The number of likely N-dealkylation sites (N-methyl/N-ethyl adjacent to an activating group) is 1. The first kappa shape index (κ1) is 16.2. The minimum atomic E-state index is 0.235. The third-order valence-electron chi connectivity index (χ3n) is 4.03. The van der Waals surface area contributed by atoms with Crippen LogP contribution >= 0.6 is 0 Å². The highest BCUT2D eigenvalue weighted by atomic mass is 15.1. The van der Waals surface area contributed by atoms with Crippen molar-refractivity contribution in [1.29, 1.82) is 0 Å². The highest BCUT2D eigenvalue weighted by Crippen LogP contribution is 2.10. The van der Waals surface area contributed by atoms with E-state index >= 15 is 0 Å². The molecule has 108 valence electrons. The van der Waals surface area contributed by atoms with Crippen LogP contribution in [0.1, 0.15) is 45.2 Å². The lowest BCUT2D eigenvalue weighted by Gasteiger charge is -2.31. The van der Waals surface area contributed by atoms with E-state index in [0.29, 0.717) is 6.04 Å². The molecule has 0 aromatic heterocycles. The smallest absolute Gasteiger partial charge is 0.0234 e. The van der Waals surface area contributed by atoms with Crippen LogP contribution in [0, 0.1) is 6.92 Å². The Morgan fingerprint density at radius 3 is 2.58 bits per heavy atom. The molecule has 2 nitrogen and oxygen atoms in total. The Hall–Kier alpha value is -0.860. The summed E-state index contributed by atoms with van der Waals surface area (Å²) in [6.45, 7) is 13.2. The van der Waals surface area contributed by atoms with Gasteiger partial charge >= 0.3 is 0 Å². The second-order valence-corrected chi connectivity index (χ2v) is 6.37. The normalized spacial score (nSPS) is 13.8. The van der Waals surface area contributed by atoms with Crippen molar-refractivity contribution in [3.05, 3.63) is 35.4 Å². The van der Waals surface area contributed by atoms with Gasteiger partial charge in [0.25, 0.3) is 0 Å². The number of aryl methyl sites for hydroxylation is 1. The molecule has 1 N–H and O–H groups in total. The van der Waals surface area contributed by atoms with Crippen LogP contribution in [0.4, 0.5) is 0 Å². The van der Waals surface area contributed by atoms with Gasteiger partial charge in [0.15, 0.2) is 0 Å². The summed E-state index contributed by atoms with van der Waals surface area (Å²) in [4.78, 5) is 2.41. The van der Waals surface area contributed by atoms with E-state index < -0.39 is 0 Å². The number of nitrogens with one attached hydrogen (secondary N) is 1. The van der Waals surface area contributed by atoms with E-state index in [-0.39, 0.29) is 5.54 Å². The van der Waals surface area contributed by atoms with E-state index in [0.717, 1.165) is 19.5 Å². The molecule has 0 aliphatic heterocycles.